The van der Waals surface area contributed by atoms with Gasteiger partial charge in [0.25, 0.3) is 0 Å². The van der Waals surface area contributed by atoms with Gasteiger partial charge in [0.05, 0.1) is 0 Å². The molecule has 0 aromatic carbocycles. The number of nitrogens with one attached hydrogen (secondary N) is 1. The van der Waals surface area contributed by atoms with Gasteiger partial charge in [-0.1, -0.05) is 32.6 Å². The highest BCUT2D eigenvalue weighted by atomic mass is 35.5. The molecule has 16 heavy (non-hydrogen) atoms. The lowest BCUT2D eigenvalue weighted by molar-refractivity contribution is -0.121. The first-order valence-electron chi connectivity index (χ1n) is 6.22. The molecule has 1 saturated carbocycles. The second-order valence-corrected chi connectivity index (χ2v) is 4.80. The summed E-state index contributed by atoms with van der Waals surface area (Å²) in [5.74, 6) is 0.145. The van der Waals surface area contributed by atoms with Crippen molar-refractivity contribution in [3.05, 3.63) is 0 Å². The summed E-state index contributed by atoms with van der Waals surface area (Å²) in [5, 5.41) is 2.96. The number of rotatable bonds is 4. The molecule has 0 heterocycles. The van der Waals surface area contributed by atoms with Gasteiger partial charge in [0.2, 0.25) is 5.91 Å². The van der Waals surface area contributed by atoms with Crippen LogP contribution in [0.15, 0.2) is 0 Å². The van der Waals surface area contributed by atoms with Gasteiger partial charge in [-0.05, 0) is 19.3 Å². The van der Waals surface area contributed by atoms with Crippen LogP contribution in [0, 0.1) is 0 Å². The molecule has 4 heteroatoms. The van der Waals surface area contributed by atoms with Crippen LogP contribution < -0.4 is 11.1 Å². The van der Waals surface area contributed by atoms with E-state index in [9.17, 15) is 4.79 Å². The van der Waals surface area contributed by atoms with Crippen LogP contribution in [-0.2, 0) is 4.79 Å². The molecular weight excluding hydrogens is 224 g/mol. The minimum absolute atomic E-state index is 0. The van der Waals surface area contributed by atoms with Crippen LogP contribution in [-0.4, -0.2) is 18.0 Å². The SMILES string of the molecule is CCCC(=O)NCC1(N)CCCCCC1.Cl. The molecular formula is C12H25ClN2O. The molecule has 0 atom stereocenters. The number of halogens is 1. The van der Waals surface area contributed by atoms with Crippen LogP contribution in [0.2, 0.25) is 0 Å². The van der Waals surface area contributed by atoms with Gasteiger partial charge in [-0.2, -0.15) is 0 Å². The molecule has 0 unspecified atom stereocenters. The lowest BCUT2D eigenvalue weighted by Crippen LogP contribution is -2.49. The number of carbonyl (C=O) groups is 1. The molecule has 1 aliphatic carbocycles. The van der Waals surface area contributed by atoms with Gasteiger partial charge in [0.1, 0.15) is 0 Å². The van der Waals surface area contributed by atoms with Crippen molar-refractivity contribution in [2.24, 2.45) is 5.73 Å². The van der Waals surface area contributed by atoms with E-state index in [0.717, 1.165) is 19.3 Å². The minimum atomic E-state index is -0.139. The molecule has 0 aromatic rings. The maximum absolute atomic E-state index is 11.3. The Labute approximate surface area is 105 Å². The van der Waals surface area contributed by atoms with Crippen LogP contribution in [0.25, 0.3) is 0 Å². The third-order valence-corrected chi connectivity index (χ3v) is 3.21. The van der Waals surface area contributed by atoms with Crippen molar-refractivity contribution < 1.29 is 4.79 Å². The Balaban J connectivity index is 0.00000225. The second-order valence-electron chi connectivity index (χ2n) is 4.80. The third kappa shape index (κ3) is 5.71. The summed E-state index contributed by atoms with van der Waals surface area (Å²) in [6, 6.07) is 0. The fourth-order valence-corrected chi connectivity index (χ4v) is 2.20. The predicted octanol–water partition coefficient (Wildman–Crippen LogP) is 2.38. The lowest BCUT2D eigenvalue weighted by Gasteiger charge is -2.28. The minimum Gasteiger partial charge on any atom is -0.354 e. The fourth-order valence-electron chi connectivity index (χ4n) is 2.20. The quantitative estimate of drug-likeness (QED) is 0.751. The molecule has 1 amide bonds. The molecule has 0 radical (unpaired) electrons. The summed E-state index contributed by atoms with van der Waals surface area (Å²) in [7, 11) is 0. The highest BCUT2D eigenvalue weighted by Gasteiger charge is 2.26. The Hall–Kier alpha value is -0.280. The molecule has 1 rings (SSSR count). The zero-order chi connectivity index (χ0) is 11.1. The molecule has 0 spiro atoms. The van der Waals surface area contributed by atoms with E-state index < -0.39 is 0 Å². The van der Waals surface area contributed by atoms with E-state index in [1.54, 1.807) is 0 Å². The van der Waals surface area contributed by atoms with Crippen molar-refractivity contribution in [1.82, 2.24) is 5.32 Å². The Morgan fingerprint density at radius 3 is 2.31 bits per heavy atom. The Morgan fingerprint density at radius 2 is 1.81 bits per heavy atom. The van der Waals surface area contributed by atoms with Crippen molar-refractivity contribution >= 4 is 18.3 Å². The van der Waals surface area contributed by atoms with Gasteiger partial charge in [-0.15, -0.1) is 12.4 Å². The van der Waals surface area contributed by atoms with Crippen LogP contribution >= 0.6 is 12.4 Å². The highest BCUT2D eigenvalue weighted by Crippen LogP contribution is 2.24. The molecule has 0 aliphatic heterocycles. The van der Waals surface area contributed by atoms with E-state index >= 15 is 0 Å². The summed E-state index contributed by atoms with van der Waals surface area (Å²) < 4.78 is 0. The average Bonchev–Trinajstić information content (AvgIpc) is 2.42. The first-order chi connectivity index (χ1) is 7.16. The molecule has 1 aliphatic rings. The maximum Gasteiger partial charge on any atom is 0.220 e. The van der Waals surface area contributed by atoms with Crippen molar-refractivity contribution in [3.63, 3.8) is 0 Å². The second kappa shape index (κ2) is 7.91. The Morgan fingerprint density at radius 1 is 1.25 bits per heavy atom. The molecule has 0 saturated heterocycles. The zero-order valence-electron chi connectivity index (χ0n) is 10.3. The van der Waals surface area contributed by atoms with Crippen LogP contribution in [0.1, 0.15) is 58.3 Å². The molecule has 3 nitrogen and oxygen atoms in total. The van der Waals surface area contributed by atoms with E-state index in [1.807, 2.05) is 6.92 Å². The van der Waals surface area contributed by atoms with Gasteiger partial charge in [-0.3, -0.25) is 4.79 Å². The number of amides is 1. The van der Waals surface area contributed by atoms with E-state index in [-0.39, 0.29) is 23.9 Å². The van der Waals surface area contributed by atoms with E-state index in [0.29, 0.717) is 13.0 Å². The number of hydrogen-bond donors (Lipinski definition) is 2. The first kappa shape index (κ1) is 15.7. The summed E-state index contributed by atoms with van der Waals surface area (Å²) in [6.45, 7) is 2.68. The summed E-state index contributed by atoms with van der Waals surface area (Å²) in [4.78, 5) is 11.3. The molecule has 96 valence electrons. The van der Waals surface area contributed by atoms with Crippen LogP contribution in [0.4, 0.5) is 0 Å². The summed E-state index contributed by atoms with van der Waals surface area (Å²) >= 11 is 0. The predicted molar refractivity (Wildman–Crippen MR) is 69.8 cm³/mol. The number of nitrogens with two attached hydrogens (primary N) is 1. The van der Waals surface area contributed by atoms with Crippen molar-refractivity contribution in [1.29, 1.82) is 0 Å². The Bertz CT molecular complexity index is 201. The smallest absolute Gasteiger partial charge is 0.220 e. The van der Waals surface area contributed by atoms with Crippen LogP contribution in [0.5, 0.6) is 0 Å². The number of hydrogen-bond acceptors (Lipinski definition) is 2. The molecule has 0 aromatic heterocycles. The standard InChI is InChI=1S/C12H24N2O.ClH/c1-2-7-11(15)14-10-12(13)8-5-3-4-6-9-12;/h2-10,13H2,1H3,(H,14,15);1H. The normalized spacial score (nSPS) is 19.4. The molecule has 3 N–H and O–H groups in total. The molecule has 0 bridgehead atoms. The van der Waals surface area contributed by atoms with Crippen LogP contribution in [0.3, 0.4) is 0 Å². The van der Waals surface area contributed by atoms with Gasteiger partial charge in [-0.25, -0.2) is 0 Å². The van der Waals surface area contributed by atoms with Crippen molar-refractivity contribution in [3.8, 4) is 0 Å². The largest absolute Gasteiger partial charge is 0.354 e. The summed E-state index contributed by atoms with van der Waals surface area (Å²) in [6.07, 6.45) is 8.64. The Kier molecular flexibility index (Phi) is 7.77. The third-order valence-electron chi connectivity index (χ3n) is 3.21. The average molecular weight is 249 g/mol. The van der Waals surface area contributed by atoms with Gasteiger partial charge in [0.15, 0.2) is 0 Å². The topological polar surface area (TPSA) is 55.1 Å². The van der Waals surface area contributed by atoms with Crippen molar-refractivity contribution in [2.75, 3.05) is 6.54 Å². The van der Waals surface area contributed by atoms with E-state index in [2.05, 4.69) is 5.32 Å². The van der Waals surface area contributed by atoms with Gasteiger partial charge in [0, 0.05) is 18.5 Å². The lowest BCUT2D eigenvalue weighted by atomic mass is 9.91. The van der Waals surface area contributed by atoms with Gasteiger partial charge >= 0.3 is 0 Å². The zero-order valence-corrected chi connectivity index (χ0v) is 11.1. The monoisotopic (exact) mass is 248 g/mol. The maximum atomic E-state index is 11.3. The van der Waals surface area contributed by atoms with Crippen molar-refractivity contribution in [2.45, 2.75) is 63.8 Å². The van der Waals surface area contributed by atoms with E-state index in [4.69, 9.17) is 5.73 Å². The summed E-state index contributed by atoms with van der Waals surface area (Å²) in [5.41, 5.74) is 6.15. The molecule has 1 fully saturated rings. The fraction of sp³-hybridized carbons (Fsp3) is 0.917. The highest BCUT2D eigenvalue weighted by molar-refractivity contribution is 5.85. The number of carbonyl (C=O) groups excluding carboxylic acids is 1. The van der Waals surface area contributed by atoms with Gasteiger partial charge < -0.3 is 11.1 Å². The first-order valence-corrected chi connectivity index (χ1v) is 6.22. The van der Waals surface area contributed by atoms with E-state index in [1.165, 1.54) is 25.7 Å².